The molecule has 1 aromatic carbocycles. The second kappa shape index (κ2) is 6.20. The number of carbonyl (C=O) groups is 1. The molecule has 2 unspecified atom stereocenters. The fraction of sp³-hybridized carbons (Fsp3) is 0.562. The number of hydrogen-bond acceptors (Lipinski definition) is 2. The largest absolute Gasteiger partial charge is 0.353 e. The molecule has 1 aliphatic heterocycles. The summed E-state index contributed by atoms with van der Waals surface area (Å²) in [6.07, 6.45) is 2.94. The highest BCUT2D eigenvalue weighted by molar-refractivity contribution is 5.82. The van der Waals surface area contributed by atoms with Crippen molar-refractivity contribution in [1.29, 1.82) is 0 Å². The van der Waals surface area contributed by atoms with Gasteiger partial charge in [0.2, 0.25) is 5.91 Å². The average Bonchev–Trinajstić information content (AvgIpc) is 2.40. The van der Waals surface area contributed by atoms with Crippen LogP contribution in [-0.4, -0.2) is 25.0 Å². The van der Waals surface area contributed by atoms with Crippen LogP contribution in [0.25, 0.3) is 0 Å². The Balaban J connectivity index is 1.88. The van der Waals surface area contributed by atoms with Crippen molar-refractivity contribution in [3.8, 4) is 0 Å². The summed E-state index contributed by atoms with van der Waals surface area (Å²) < 4.78 is 0. The van der Waals surface area contributed by atoms with Crippen LogP contribution in [0.1, 0.15) is 32.3 Å². The lowest BCUT2D eigenvalue weighted by Gasteiger charge is -2.33. The molecule has 1 heterocycles. The summed E-state index contributed by atoms with van der Waals surface area (Å²) in [5.41, 5.74) is 1.02. The number of amides is 1. The van der Waals surface area contributed by atoms with Crippen LogP contribution in [0, 0.1) is 5.41 Å². The van der Waals surface area contributed by atoms with Crippen molar-refractivity contribution < 1.29 is 4.79 Å². The Morgan fingerprint density at radius 3 is 2.79 bits per heavy atom. The molecule has 3 nitrogen and oxygen atoms in total. The van der Waals surface area contributed by atoms with Gasteiger partial charge in [0.05, 0.1) is 5.41 Å². The molecule has 1 fully saturated rings. The molecule has 3 heteroatoms. The highest BCUT2D eigenvalue weighted by Crippen LogP contribution is 2.25. The van der Waals surface area contributed by atoms with E-state index in [1.165, 1.54) is 5.56 Å². The van der Waals surface area contributed by atoms with Crippen LogP contribution >= 0.6 is 0 Å². The predicted octanol–water partition coefficient (Wildman–Crippen LogP) is 2.12. The zero-order valence-electron chi connectivity index (χ0n) is 11.9. The summed E-state index contributed by atoms with van der Waals surface area (Å²) in [5.74, 6) is 0.183. The third-order valence-electron chi connectivity index (χ3n) is 3.91. The minimum absolute atomic E-state index is 0.175. The van der Waals surface area contributed by atoms with E-state index < -0.39 is 0 Å². The molecule has 0 bridgehead atoms. The second-order valence-corrected chi connectivity index (χ2v) is 5.91. The van der Waals surface area contributed by atoms with Gasteiger partial charge in [-0.05, 0) is 45.2 Å². The van der Waals surface area contributed by atoms with Crippen LogP contribution in [-0.2, 0) is 11.2 Å². The lowest BCUT2D eigenvalue weighted by Crippen LogP contribution is -2.51. The molecule has 1 aromatic rings. The Kier molecular flexibility index (Phi) is 4.59. The fourth-order valence-corrected chi connectivity index (χ4v) is 2.67. The third-order valence-corrected chi connectivity index (χ3v) is 3.91. The first kappa shape index (κ1) is 14.1. The molecule has 104 valence electrons. The van der Waals surface area contributed by atoms with Gasteiger partial charge in [-0.2, -0.15) is 0 Å². The van der Waals surface area contributed by atoms with Crippen molar-refractivity contribution in [3.05, 3.63) is 35.9 Å². The highest BCUT2D eigenvalue weighted by atomic mass is 16.2. The van der Waals surface area contributed by atoms with Gasteiger partial charge in [0.25, 0.3) is 0 Å². The minimum atomic E-state index is -0.247. The smallest absolute Gasteiger partial charge is 0.227 e. The Morgan fingerprint density at radius 1 is 1.42 bits per heavy atom. The van der Waals surface area contributed by atoms with E-state index in [4.69, 9.17) is 0 Å². The van der Waals surface area contributed by atoms with Gasteiger partial charge in [0.15, 0.2) is 0 Å². The number of carbonyl (C=O) groups excluding carboxylic acids is 1. The summed E-state index contributed by atoms with van der Waals surface area (Å²) in [6, 6.07) is 10.5. The molecule has 2 rings (SSSR count). The zero-order valence-corrected chi connectivity index (χ0v) is 11.9. The summed E-state index contributed by atoms with van der Waals surface area (Å²) >= 11 is 0. The minimum Gasteiger partial charge on any atom is -0.353 e. The molecule has 2 atom stereocenters. The van der Waals surface area contributed by atoms with Gasteiger partial charge in [-0.15, -0.1) is 0 Å². The van der Waals surface area contributed by atoms with Crippen molar-refractivity contribution in [3.63, 3.8) is 0 Å². The van der Waals surface area contributed by atoms with Crippen LogP contribution in [0.2, 0.25) is 0 Å². The topological polar surface area (TPSA) is 41.1 Å². The molecular formula is C16H24N2O. The lowest BCUT2D eigenvalue weighted by molar-refractivity contribution is -0.131. The first-order valence-electron chi connectivity index (χ1n) is 7.16. The molecule has 0 radical (unpaired) electrons. The standard InChI is InChI=1S/C16H24N2O/c1-13(11-14-7-4-3-5-8-14)18-15(19)16(2)9-6-10-17-12-16/h3-5,7-8,13,17H,6,9-12H2,1-2H3,(H,18,19). The molecule has 0 aromatic heterocycles. The van der Waals surface area contributed by atoms with Gasteiger partial charge in [-0.1, -0.05) is 30.3 Å². The monoisotopic (exact) mass is 260 g/mol. The van der Waals surface area contributed by atoms with E-state index in [9.17, 15) is 4.79 Å². The van der Waals surface area contributed by atoms with Gasteiger partial charge in [-0.25, -0.2) is 0 Å². The number of rotatable bonds is 4. The van der Waals surface area contributed by atoms with Gasteiger partial charge in [0, 0.05) is 12.6 Å². The maximum absolute atomic E-state index is 12.4. The molecule has 1 aliphatic rings. The molecule has 0 saturated carbocycles. The van der Waals surface area contributed by atoms with Crippen LogP contribution in [0.5, 0.6) is 0 Å². The average molecular weight is 260 g/mol. The van der Waals surface area contributed by atoms with Gasteiger partial charge in [-0.3, -0.25) is 4.79 Å². The predicted molar refractivity (Wildman–Crippen MR) is 78.0 cm³/mol. The summed E-state index contributed by atoms with van der Waals surface area (Å²) in [4.78, 5) is 12.4. The molecule has 2 N–H and O–H groups in total. The Bertz CT molecular complexity index is 410. The molecule has 19 heavy (non-hydrogen) atoms. The third kappa shape index (κ3) is 3.80. The number of hydrogen-bond donors (Lipinski definition) is 2. The van der Waals surface area contributed by atoms with Crippen LogP contribution in [0.3, 0.4) is 0 Å². The second-order valence-electron chi connectivity index (χ2n) is 5.91. The van der Waals surface area contributed by atoms with E-state index in [0.717, 1.165) is 32.4 Å². The van der Waals surface area contributed by atoms with Crippen molar-refractivity contribution in [2.45, 2.75) is 39.2 Å². The number of benzene rings is 1. The summed E-state index contributed by atoms with van der Waals surface area (Å²) in [7, 11) is 0. The molecule has 0 aliphatic carbocycles. The van der Waals surface area contributed by atoms with Gasteiger partial charge >= 0.3 is 0 Å². The summed E-state index contributed by atoms with van der Waals surface area (Å²) in [5, 5.41) is 6.48. The SMILES string of the molecule is CC(Cc1ccccc1)NC(=O)C1(C)CCCNC1. The van der Waals surface area contributed by atoms with E-state index in [0.29, 0.717) is 0 Å². The van der Waals surface area contributed by atoms with E-state index >= 15 is 0 Å². The maximum atomic E-state index is 12.4. The van der Waals surface area contributed by atoms with Gasteiger partial charge in [0.1, 0.15) is 0 Å². The molecular weight excluding hydrogens is 236 g/mol. The molecule has 1 amide bonds. The van der Waals surface area contributed by atoms with Crippen molar-refractivity contribution in [2.24, 2.45) is 5.41 Å². The maximum Gasteiger partial charge on any atom is 0.227 e. The fourth-order valence-electron chi connectivity index (χ4n) is 2.67. The quantitative estimate of drug-likeness (QED) is 0.870. The lowest BCUT2D eigenvalue weighted by atomic mass is 9.81. The summed E-state index contributed by atoms with van der Waals surface area (Å²) in [6.45, 7) is 5.95. The van der Waals surface area contributed by atoms with Crippen molar-refractivity contribution in [1.82, 2.24) is 10.6 Å². The normalized spacial score (nSPS) is 24.7. The van der Waals surface area contributed by atoms with Crippen molar-refractivity contribution in [2.75, 3.05) is 13.1 Å². The first-order valence-corrected chi connectivity index (χ1v) is 7.16. The van der Waals surface area contributed by atoms with Crippen molar-refractivity contribution >= 4 is 5.91 Å². The van der Waals surface area contributed by atoms with Crippen LogP contribution < -0.4 is 10.6 Å². The Hall–Kier alpha value is -1.35. The number of piperidine rings is 1. The Morgan fingerprint density at radius 2 is 2.16 bits per heavy atom. The van der Waals surface area contributed by atoms with Crippen LogP contribution in [0.4, 0.5) is 0 Å². The van der Waals surface area contributed by atoms with Gasteiger partial charge < -0.3 is 10.6 Å². The number of nitrogens with one attached hydrogen (secondary N) is 2. The van der Waals surface area contributed by atoms with E-state index in [-0.39, 0.29) is 17.4 Å². The highest BCUT2D eigenvalue weighted by Gasteiger charge is 2.34. The van der Waals surface area contributed by atoms with E-state index in [1.54, 1.807) is 0 Å². The first-order chi connectivity index (χ1) is 9.10. The molecule has 0 spiro atoms. The zero-order chi connectivity index (χ0) is 13.7. The Labute approximate surface area is 115 Å². The van der Waals surface area contributed by atoms with Crippen LogP contribution in [0.15, 0.2) is 30.3 Å². The van der Waals surface area contributed by atoms with E-state index in [1.807, 2.05) is 18.2 Å². The molecule has 1 saturated heterocycles. The van der Waals surface area contributed by atoms with E-state index in [2.05, 4.69) is 36.6 Å².